The number of ether oxygens (including phenoxy) is 1. The van der Waals surface area contributed by atoms with Crippen LogP contribution in [0.3, 0.4) is 0 Å². The highest BCUT2D eigenvalue weighted by Gasteiger charge is 2.38. The summed E-state index contributed by atoms with van der Waals surface area (Å²) in [4.78, 5) is 14.4. The summed E-state index contributed by atoms with van der Waals surface area (Å²) < 4.78 is 49.2. The van der Waals surface area contributed by atoms with Crippen molar-refractivity contribution in [3.05, 3.63) is 84.2 Å². The van der Waals surface area contributed by atoms with Crippen LogP contribution < -0.4 is 4.74 Å². The smallest absolute Gasteiger partial charge is 0.256 e. The van der Waals surface area contributed by atoms with E-state index >= 15 is 0 Å². The lowest BCUT2D eigenvalue weighted by Gasteiger charge is -2.37. The number of rotatable bonds is 6. The van der Waals surface area contributed by atoms with Gasteiger partial charge in [0.1, 0.15) is 22.6 Å². The minimum absolute atomic E-state index is 0.00698. The highest BCUT2D eigenvalue weighted by atomic mass is 32.2. The Labute approximate surface area is 217 Å². The largest absolute Gasteiger partial charge is 0.487 e. The molecule has 0 saturated heterocycles. The third-order valence-electron chi connectivity index (χ3n) is 6.68. The van der Waals surface area contributed by atoms with Crippen molar-refractivity contribution in [3.63, 3.8) is 0 Å². The van der Waals surface area contributed by atoms with Gasteiger partial charge in [-0.3, -0.25) is 4.79 Å². The monoisotopic (exact) mass is 526 g/mol. The van der Waals surface area contributed by atoms with Crippen molar-refractivity contribution in [3.8, 4) is 16.9 Å². The highest BCUT2D eigenvalue weighted by molar-refractivity contribution is 7.89. The number of carbonyl (C=O) groups excluding carboxylic acids is 1. The van der Waals surface area contributed by atoms with Gasteiger partial charge in [0.05, 0.1) is 18.7 Å². The lowest BCUT2D eigenvalue weighted by Crippen LogP contribution is -2.50. The van der Waals surface area contributed by atoms with Gasteiger partial charge in [0.15, 0.2) is 0 Å². The Morgan fingerprint density at radius 3 is 2.46 bits per heavy atom. The second-order valence-electron chi connectivity index (χ2n) is 9.43. The molecule has 0 aliphatic carbocycles. The number of likely N-dealkylation sites (N-methyl/N-ethyl adjacent to an activating group) is 1. The number of fused-ring (bicyclic) bond motifs is 1. The van der Waals surface area contributed by atoms with E-state index in [1.165, 1.54) is 33.5 Å². The van der Waals surface area contributed by atoms with Gasteiger partial charge in [0.25, 0.3) is 5.91 Å². The first-order valence-electron chi connectivity index (χ1n) is 12.1. The van der Waals surface area contributed by atoms with E-state index in [1.54, 1.807) is 32.2 Å². The number of aliphatic hydroxyl groups is 1. The number of halogens is 1. The molecule has 0 aromatic heterocycles. The van der Waals surface area contributed by atoms with Crippen LogP contribution in [0, 0.1) is 11.7 Å². The number of benzene rings is 3. The van der Waals surface area contributed by atoms with Crippen molar-refractivity contribution in [2.24, 2.45) is 5.92 Å². The van der Waals surface area contributed by atoms with Crippen molar-refractivity contribution < 1.29 is 27.4 Å². The maximum absolute atomic E-state index is 14.3. The maximum Gasteiger partial charge on any atom is 0.256 e. The molecule has 0 saturated carbocycles. The first-order chi connectivity index (χ1) is 17.6. The summed E-state index contributed by atoms with van der Waals surface area (Å²) in [6.45, 7) is 3.32. The van der Waals surface area contributed by atoms with E-state index in [9.17, 15) is 22.7 Å². The van der Waals surface area contributed by atoms with Crippen LogP contribution in [-0.2, 0) is 10.0 Å². The maximum atomic E-state index is 14.3. The molecule has 0 fully saturated rings. The molecule has 0 unspecified atom stereocenters. The molecule has 1 amide bonds. The van der Waals surface area contributed by atoms with Gasteiger partial charge < -0.3 is 14.7 Å². The van der Waals surface area contributed by atoms with Crippen LogP contribution in [0.4, 0.5) is 4.39 Å². The number of amides is 1. The van der Waals surface area contributed by atoms with Crippen molar-refractivity contribution in [2.75, 3.05) is 26.7 Å². The van der Waals surface area contributed by atoms with Crippen LogP contribution in [0.1, 0.15) is 24.2 Å². The number of nitrogens with zero attached hydrogens (tertiary/aromatic N) is 2. The number of aliphatic hydroxyl groups excluding tert-OH is 1. The molecule has 0 spiro atoms. The molecule has 37 heavy (non-hydrogen) atoms. The molecular weight excluding hydrogens is 495 g/mol. The van der Waals surface area contributed by atoms with E-state index in [2.05, 4.69) is 0 Å². The standard InChI is InChI=1S/C28H31FN2O5S/c1-19-16-31(20(2)18-32)37(34,35)27-14-13-22(21-9-5-4-6-10-21)15-25(27)36-26(19)17-30(3)28(33)23-11-7-8-12-24(23)29/h4-15,19-20,26,32H,16-18H2,1-3H3/t19-,20-,26-/m1/s1. The molecule has 0 bridgehead atoms. The van der Waals surface area contributed by atoms with Crippen LogP contribution >= 0.6 is 0 Å². The van der Waals surface area contributed by atoms with E-state index in [0.717, 1.165) is 11.1 Å². The quantitative estimate of drug-likeness (QED) is 0.524. The van der Waals surface area contributed by atoms with Gasteiger partial charge in [0, 0.05) is 25.6 Å². The molecule has 3 aromatic rings. The fourth-order valence-electron chi connectivity index (χ4n) is 4.45. The molecule has 7 nitrogen and oxygen atoms in total. The highest BCUT2D eigenvalue weighted by Crippen LogP contribution is 2.36. The molecule has 9 heteroatoms. The van der Waals surface area contributed by atoms with Gasteiger partial charge in [-0.1, -0.05) is 55.5 Å². The molecule has 1 aliphatic heterocycles. The average Bonchev–Trinajstić information content (AvgIpc) is 2.90. The SMILES string of the molecule is C[C@@H]1CN([C@H](C)CO)S(=O)(=O)c2ccc(-c3ccccc3)cc2O[C@@H]1CN(C)C(=O)c1ccccc1F. The summed E-state index contributed by atoms with van der Waals surface area (Å²) in [6, 6.07) is 19.6. The van der Waals surface area contributed by atoms with Gasteiger partial charge in [-0.15, -0.1) is 0 Å². The van der Waals surface area contributed by atoms with Gasteiger partial charge in [-0.25, -0.2) is 12.8 Å². The first kappa shape index (κ1) is 26.8. The van der Waals surface area contributed by atoms with Crippen molar-refractivity contribution in [1.82, 2.24) is 9.21 Å². The number of carbonyl (C=O) groups is 1. The van der Waals surface area contributed by atoms with E-state index < -0.39 is 33.9 Å². The third kappa shape index (κ3) is 5.53. The molecule has 3 aromatic carbocycles. The normalized spacial score (nSPS) is 20.1. The minimum atomic E-state index is -3.98. The fraction of sp³-hybridized carbons (Fsp3) is 0.321. The molecule has 3 atom stereocenters. The molecule has 1 heterocycles. The van der Waals surface area contributed by atoms with Crippen molar-refractivity contribution in [2.45, 2.75) is 30.9 Å². The average molecular weight is 527 g/mol. The molecule has 1 aliphatic rings. The minimum Gasteiger partial charge on any atom is -0.487 e. The second-order valence-corrected chi connectivity index (χ2v) is 11.3. The molecule has 0 radical (unpaired) electrons. The zero-order valence-electron chi connectivity index (χ0n) is 21.0. The molecule has 196 valence electrons. The zero-order valence-corrected chi connectivity index (χ0v) is 21.9. The van der Waals surface area contributed by atoms with Gasteiger partial charge >= 0.3 is 0 Å². The third-order valence-corrected chi connectivity index (χ3v) is 8.70. The Bertz CT molecular complexity index is 1370. The summed E-state index contributed by atoms with van der Waals surface area (Å²) in [5, 5.41) is 9.82. The van der Waals surface area contributed by atoms with E-state index in [1.807, 2.05) is 37.3 Å². The Hall–Kier alpha value is -3.27. The summed E-state index contributed by atoms with van der Waals surface area (Å²) in [5.41, 5.74) is 1.62. The Morgan fingerprint density at radius 2 is 1.78 bits per heavy atom. The summed E-state index contributed by atoms with van der Waals surface area (Å²) in [7, 11) is -2.42. The van der Waals surface area contributed by atoms with E-state index in [-0.39, 0.29) is 41.8 Å². The lowest BCUT2D eigenvalue weighted by atomic mass is 10.0. The predicted molar refractivity (Wildman–Crippen MR) is 139 cm³/mol. The lowest BCUT2D eigenvalue weighted by molar-refractivity contribution is 0.0560. The van der Waals surface area contributed by atoms with Crippen LogP contribution in [0.15, 0.2) is 77.7 Å². The van der Waals surface area contributed by atoms with Crippen LogP contribution in [0.5, 0.6) is 5.75 Å². The number of hydrogen-bond acceptors (Lipinski definition) is 5. The van der Waals surface area contributed by atoms with E-state index in [0.29, 0.717) is 0 Å². The fourth-order valence-corrected chi connectivity index (χ4v) is 6.27. The van der Waals surface area contributed by atoms with Crippen LogP contribution in [0.25, 0.3) is 11.1 Å². The summed E-state index contributed by atoms with van der Waals surface area (Å²) in [5.74, 6) is -1.30. The van der Waals surface area contributed by atoms with Crippen LogP contribution in [-0.4, -0.2) is 67.5 Å². The van der Waals surface area contributed by atoms with Crippen LogP contribution in [0.2, 0.25) is 0 Å². The van der Waals surface area contributed by atoms with Gasteiger partial charge in [-0.2, -0.15) is 4.31 Å². The first-order valence-corrected chi connectivity index (χ1v) is 13.6. The van der Waals surface area contributed by atoms with Crippen molar-refractivity contribution in [1.29, 1.82) is 0 Å². The summed E-state index contributed by atoms with van der Waals surface area (Å²) in [6.07, 6.45) is -0.602. The topological polar surface area (TPSA) is 87.2 Å². The Kier molecular flexibility index (Phi) is 7.96. The van der Waals surface area contributed by atoms with Crippen molar-refractivity contribution >= 4 is 15.9 Å². The molecular formula is C28H31FN2O5S. The Morgan fingerprint density at radius 1 is 1.11 bits per heavy atom. The Balaban J connectivity index is 1.74. The summed E-state index contributed by atoms with van der Waals surface area (Å²) >= 11 is 0. The number of sulfonamides is 1. The molecule has 4 rings (SSSR count). The van der Waals surface area contributed by atoms with Gasteiger partial charge in [0.2, 0.25) is 10.0 Å². The predicted octanol–water partition coefficient (Wildman–Crippen LogP) is 4.03. The van der Waals surface area contributed by atoms with E-state index in [4.69, 9.17) is 4.74 Å². The number of hydrogen-bond donors (Lipinski definition) is 1. The van der Waals surface area contributed by atoms with Gasteiger partial charge in [-0.05, 0) is 42.3 Å². The molecule has 1 N–H and O–H groups in total. The second kappa shape index (κ2) is 11.0. The zero-order chi connectivity index (χ0) is 26.7.